The minimum atomic E-state index is -0.501. The third-order valence-corrected chi connectivity index (χ3v) is 4.01. The number of hydrogen-bond donors (Lipinski definition) is 1. The molecule has 0 radical (unpaired) electrons. The number of ether oxygens (including phenoxy) is 1. The number of likely N-dealkylation sites (tertiary alicyclic amines) is 1. The molecular formula is C16H25N5O4. The fourth-order valence-corrected chi connectivity index (χ4v) is 2.70. The van der Waals surface area contributed by atoms with Crippen LogP contribution in [-0.4, -0.2) is 51.1 Å². The SMILES string of the molecule is Cc1ncnc(NCC2CCN(C(=O)OC(C)(C)C)CC2)c1[N+](=O)[O-]. The lowest BCUT2D eigenvalue weighted by Gasteiger charge is -2.33. The highest BCUT2D eigenvalue weighted by atomic mass is 16.6. The molecule has 0 unspecified atom stereocenters. The molecule has 0 aromatic carbocycles. The van der Waals surface area contributed by atoms with Crippen molar-refractivity contribution in [2.75, 3.05) is 25.0 Å². The van der Waals surface area contributed by atoms with Gasteiger partial charge in [-0.25, -0.2) is 14.8 Å². The minimum absolute atomic E-state index is 0.0892. The normalized spacial score (nSPS) is 15.8. The highest BCUT2D eigenvalue weighted by molar-refractivity contribution is 5.68. The average Bonchev–Trinajstić information content (AvgIpc) is 2.51. The zero-order valence-electron chi connectivity index (χ0n) is 15.1. The van der Waals surface area contributed by atoms with Crippen molar-refractivity contribution in [2.45, 2.75) is 46.1 Å². The molecule has 0 aliphatic carbocycles. The molecular weight excluding hydrogens is 326 g/mol. The van der Waals surface area contributed by atoms with E-state index in [0.717, 1.165) is 12.8 Å². The topological polar surface area (TPSA) is 110 Å². The van der Waals surface area contributed by atoms with Gasteiger partial charge in [-0.3, -0.25) is 10.1 Å². The molecule has 0 saturated carbocycles. The van der Waals surface area contributed by atoms with Gasteiger partial charge < -0.3 is 15.0 Å². The number of hydrogen-bond acceptors (Lipinski definition) is 7. The Hall–Kier alpha value is -2.45. The number of carbonyl (C=O) groups excluding carboxylic acids is 1. The maximum Gasteiger partial charge on any atom is 0.410 e. The van der Waals surface area contributed by atoms with Crippen LogP contribution in [0.15, 0.2) is 6.33 Å². The Morgan fingerprint density at radius 3 is 2.60 bits per heavy atom. The quantitative estimate of drug-likeness (QED) is 0.656. The van der Waals surface area contributed by atoms with Gasteiger partial charge in [-0.15, -0.1) is 0 Å². The largest absolute Gasteiger partial charge is 0.444 e. The second kappa shape index (κ2) is 7.62. The van der Waals surface area contributed by atoms with Gasteiger partial charge >= 0.3 is 11.8 Å². The molecule has 9 heteroatoms. The van der Waals surface area contributed by atoms with Crippen molar-refractivity contribution in [3.63, 3.8) is 0 Å². The van der Waals surface area contributed by atoms with Gasteiger partial charge in [0.05, 0.1) is 4.92 Å². The summed E-state index contributed by atoms with van der Waals surface area (Å²) >= 11 is 0. The van der Waals surface area contributed by atoms with Crippen LogP contribution in [0, 0.1) is 23.0 Å². The van der Waals surface area contributed by atoms with Crippen molar-refractivity contribution in [2.24, 2.45) is 5.92 Å². The van der Waals surface area contributed by atoms with Crippen LogP contribution in [0.4, 0.5) is 16.3 Å². The summed E-state index contributed by atoms with van der Waals surface area (Å²) in [5.41, 5.74) is -0.254. The first-order valence-electron chi connectivity index (χ1n) is 8.35. The number of amides is 1. The summed E-state index contributed by atoms with van der Waals surface area (Å²) < 4.78 is 5.38. The van der Waals surface area contributed by atoms with Crippen LogP contribution in [0.5, 0.6) is 0 Å². The maximum absolute atomic E-state index is 12.1. The highest BCUT2D eigenvalue weighted by Crippen LogP contribution is 2.25. The van der Waals surface area contributed by atoms with E-state index in [1.165, 1.54) is 6.33 Å². The van der Waals surface area contributed by atoms with Crippen molar-refractivity contribution in [3.8, 4) is 0 Å². The Kier molecular flexibility index (Phi) is 5.76. The van der Waals surface area contributed by atoms with E-state index in [9.17, 15) is 14.9 Å². The third-order valence-electron chi connectivity index (χ3n) is 4.01. The Morgan fingerprint density at radius 1 is 1.40 bits per heavy atom. The molecule has 2 rings (SSSR count). The van der Waals surface area contributed by atoms with Gasteiger partial charge in [-0.1, -0.05) is 0 Å². The number of nitrogens with one attached hydrogen (secondary N) is 1. The van der Waals surface area contributed by atoms with Gasteiger partial charge in [0.25, 0.3) is 0 Å². The molecule has 1 N–H and O–H groups in total. The first-order valence-corrected chi connectivity index (χ1v) is 8.35. The van der Waals surface area contributed by atoms with E-state index in [0.29, 0.717) is 31.2 Å². The molecule has 1 amide bonds. The van der Waals surface area contributed by atoms with Crippen molar-refractivity contribution < 1.29 is 14.5 Å². The van der Waals surface area contributed by atoms with Crippen LogP contribution >= 0.6 is 0 Å². The van der Waals surface area contributed by atoms with Crippen LogP contribution in [0.1, 0.15) is 39.3 Å². The number of anilines is 1. The van der Waals surface area contributed by atoms with Gasteiger partial charge in [0.2, 0.25) is 5.82 Å². The summed E-state index contributed by atoms with van der Waals surface area (Å²) in [6.45, 7) is 8.93. The Bertz CT molecular complexity index is 636. The predicted molar refractivity (Wildman–Crippen MR) is 92.4 cm³/mol. The van der Waals surface area contributed by atoms with Gasteiger partial charge in [-0.05, 0) is 46.5 Å². The Labute approximate surface area is 146 Å². The highest BCUT2D eigenvalue weighted by Gasteiger charge is 2.27. The predicted octanol–water partition coefficient (Wildman–Crippen LogP) is 2.75. The zero-order chi connectivity index (χ0) is 18.6. The fraction of sp³-hybridized carbons (Fsp3) is 0.688. The number of nitrogens with zero attached hydrogens (tertiary/aromatic N) is 4. The number of nitro groups is 1. The number of piperidine rings is 1. The van der Waals surface area contributed by atoms with E-state index < -0.39 is 10.5 Å². The lowest BCUT2D eigenvalue weighted by atomic mass is 9.97. The lowest BCUT2D eigenvalue weighted by molar-refractivity contribution is -0.385. The summed E-state index contributed by atoms with van der Waals surface area (Å²) in [5, 5.41) is 14.2. The van der Waals surface area contributed by atoms with E-state index in [-0.39, 0.29) is 17.6 Å². The van der Waals surface area contributed by atoms with Crippen LogP contribution in [0.3, 0.4) is 0 Å². The second-order valence-electron chi connectivity index (χ2n) is 7.21. The molecule has 1 aliphatic rings. The maximum atomic E-state index is 12.1. The van der Waals surface area contributed by atoms with Crippen LogP contribution in [0.2, 0.25) is 0 Å². The molecule has 0 bridgehead atoms. The third kappa shape index (κ3) is 5.27. The lowest BCUT2D eigenvalue weighted by Crippen LogP contribution is -2.42. The average molecular weight is 351 g/mol. The molecule has 1 saturated heterocycles. The van der Waals surface area contributed by atoms with Crippen molar-refractivity contribution >= 4 is 17.6 Å². The number of aromatic nitrogens is 2. The summed E-state index contributed by atoms with van der Waals surface area (Å²) in [6.07, 6.45) is 2.64. The molecule has 25 heavy (non-hydrogen) atoms. The minimum Gasteiger partial charge on any atom is -0.444 e. The summed E-state index contributed by atoms with van der Waals surface area (Å²) in [6, 6.07) is 0. The summed E-state index contributed by atoms with van der Waals surface area (Å²) in [5.74, 6) is 0.556. The molecule has 9 nitrogen and oxygen atoms in total. The molecule has 0 spiro atoms. The van der Waals surface area contributed by atoms with E-state index in [1.807, 2.05) is 20.8 Å². The zero-order valence-corrected chi connectivity index (χ0v) is 15.1. The van der Waals surface area contributed by atoms with E-state index >= 15 is 0 Å². The first-order chi connectivity index (χ1) is 11.7. The van der Waals surface area contributed by atoms with E-state index in [1.54, 1.807) is 11.8 Å². The van der Waals surface area contributed by atoms with Crippen molar-refractivity contribution in [1.82, 2.24) is 14.9 Å². The molecule has 2 heterocycles. The monoisotopic (exact) mass is 351 g/mol. The fourth-order valence-electron chi connectivity index (χ4n) is 2.70. The van der Waals surface area contributed by atoms with Gasteiger partial charge in [0.15, 0.2) is 0 Å². The van der Waals surface area contributed by atoms with Crippen molar-refractivity contribution in [1.29, 1.82) is 0 Å². The van der Waals surface area contributed by atoms with Gasteiger partial charge in [0.1, 0.15) is 17.6 Å². The number of carbonyl (C=O) groups is 1. The molecule has 1 fully saturated rings. The molecule has 0 atom stereocenters. The molecule has 1 aromatic heterocycles. The Morgan fingerprint density at radius 2 is 2.04 bits per heavy atom. The number of aryl methyl sites for hydroxylation is 1. The van der Waals surface area contributed by atoms with Crippen LogP contribution < -0.4 is 5.32 Å². The molecule has 1 aliphatic heterocycles. The summed E-state index contributed by atoms with van der Waals surface area (Å²) in [7, 11) is 0. The standard InChI is InChI=1S/C16H25N5O4/c1-11-13(21(23)24)14(19-10-18-11)17-9-12-5-7-20(8-6-12)15(22)25-16(2,3)4/h10,12H,5-9H2,1-4H3,(H,17,18,19). The van der Waals surface area contributed by atoms with Crippen molar-refractivity contribution in [3.05, 3.63) is 22.1 Å². The van der Waals surface area contributed by atoms with E-state index in [2.05, 4.69) is 15.3 Å². The van der Waals surface area contributed by atoms with Crippen LogP contribution in [0.25, 0.3) is 0 Å². The summed E-state index contributed by atoms with van der Waals surface area (Å²) in [4.78, 5) is 32.3. The van der Waals surface area contributed by atoms with Gasteiger partial charge in [0, 0.05) is 19.6 Å². The molecule has 138 valence electrons. The second-order valence-corrected chi connectivity index (χ2v) is 7.21. The number of rotatable bonds is 4. The smallest absolute Gasteiger partial charge is 0.410 e. The first kappa shape index (κ1) is 18.9. The van der Waals surface area contributed by atoms with E-state index in [4.69, 9.17) is 4.74 Å². The van der Waals surface area contributed by atoms with Crippen LogP contribution in [-0.2, 0) is 4.74 Å². The Balaban J connectivity index is 1.86. The molecule has 1 aromatic rings. The van der Waals surface area contributed by atoms with Gasteiger partial charge in [-0.2, -0.15) is 0 Å².